The number of nitrogens with zero attached hydrogens (tertiary/aromatic N) is 2. The van der Waals surface area contributed by atoms with Crippen LogP contribution in [0.4, 0.5) is 10.1 Å². The summed E-state index contributed by atoms with van der Waals surface area (Å²) >= 11 is 0. The van der Waals surface area contributed by atoms with Crippen molar-refractivity contribution in [2.45, 2.75) is 30.7 Å². The number of primary sulfonamides is 1. The maximum atomic E-state index is 13.6. The molecular formula is C20H22FN3O3S. The van der Waals surface area contributed by atoms with E-state index >= 15 is 0 Å². The van der Waals surface area contributed by atoms with Gasteiger partial charge in [-0.05, 0) is 66.8 Å². The number of anilines is 1. The molecule has 0 bridgehead atoms. The molecule has 28 heavy (non-hydrogen) atoms. The number of sulfonamides is 1. The average molecular weight is 403 g/mol. The molecule has 0 saturated carbocycles. The van der Waals surface area contributed by atoms with Gasteiger partial charge in [-0.25, -0.2) is 17.9 Å². The maximum Gasteiger partial charge on any atom is 0.241 e. The molecule has 0 saturated heterocycles. The molecule has 2 heterocycles. The normalized spacial score (nSPS) is 19.4. The minimum Gasteiger partial charge on any atom is -0.311 e. The molecule has 8 heteroatoms. The Kier molecular flexibility index (Phi) is 4.73. The third-order valence-electron chi connectivity index (χ3n) is 5.69. The number of hydrogen-bond acceptors (Lipinski definition) is 4. The lowest BCUT2D eigenvalue weighted by molar-refractivity contribution is -0.120. The zero-order valence-electron chi connectivity index (χ0n) is 15.6. The molecule has 0 radical (unpaired) electrons. The Hall–Kier alpha value is -2.29. The van der Waals surface area contributed by atoms with Gasteiger partial charge >= 0.3 is 0 Å². The van der Waals surface area contributed by atoms with Crippen molar-refractivity contribution in [3.8, 4) is 0 Å². The lowest BCUT2D eigenvalue weighted by Crippen LogP contribution is -2.43. The van der Waals surface area contributed by atoms with Crippen molar-refractivity contribution in [3.05, 3.63) is 58.9 Å². The lowest BCUT2D eigenvalue weighted by atomic mass is 9.93. The van der Waals surface area contributed by atoms with Crippen molar-refractivity contribution < 1.29 is 17.6 Å². The minimum absolute atomic E-state index is 0.0461. The first-order valence-electron chi connectivity index (χ1n) is 9.22. The molecule has 1 amide bonds. The number of halogens is 1. The standard InChI is InChI=1S/C20H22FN3O3S/c1-13-18-11-16(21)3-2-14(18)6-8-23(13)12-20(25)24-9-7-15-10-17(28(22,26)27)4-5-19(15)24/h2-5,10-11,13H,6-9,12H2,1H3,(H2,22,26,27). The summed E-state index contributed by atoms with van der Waals surface area (Å²) in [5.41, 5.74) is 3.59. The van der Waals surface area contributed by atoms with E-state index in [1.807, 2.05) is 13.0 Å². The van der Waals surface area contributed by atoms with Crippen LogP contribution in [0.1, 0.15) is 29.7 Å². The topological polar surface area (TPSA) is 83.7 Å². The summed E-state index contributed by atoms with van der Waals surface area (Å²) in [4.78, 5) is 16.8. The van der Waals surface area contributed by atoms with E-state index in [1.54, 1.807) is 23.1 Å². The quantitative estimate of drug-likeness (QED) is 0.850. The summed E-state index contributed by atoms with van der Waals surface area (Å²) < 4.78 is 36.7. The Morgan fingerprint density at radius 2 is 1.89 bits per heavy atom. The van der Waals surface area contributed by atoms with E-state index in [1.165, 1.54) is 12.1 Å². The fraction of sp³-hybridized carbons (Fsp3) is 0.350. The molecule has 0 fully saturated rings. The molecule has 2 aromatic rings. The van der Waals surface area contributed by atoms with Crippen molar-refractivity contribution in [2.24, 2.45) is 5.14 Å². The number of nitrogens with two attached hydrogens (primary N) is 1. The van der Waals surface area contributed by atoms with Crippen molar-refractivity contribution in [1.82, 2.24) is 4.90 Å². The van der Waals surface area contributed by atoms with Crippen molar-refractivity contribution in [3.63, 3.8) is 0 Å². The summed E-state index contributed by atoms with van der Waals surface area (Å²) in [6.07, 6.45) is 1.37. The van der Waals surface area contributed by atoms with Crippen molar-refractivity contribution in [1.29, 1.82) is 0 Å². The molecule has 2 aliphatic rings. The van der Waals surface area contributed by atoms with Crippen LogP contribution in [-0.2, 0) is 27.7 Å². The van der Waals surface area contributed by atoms with Crippen LogP contribution in [0, 0.1) is 5.82 Å². The van der Waals surface area contributed by atoms with E-state index in [4.69, 9.17) is 5.14 Å². The Morgan fingerprint density at radius 1 is 1.14 bits per heavy atom. The molecule has 6 nitrogen and oxygen atoms in total. The van der Waals surface area contributed by atoms with Crippen LogP contribution in [0.3, 0.4) is 0 Å². The van der Waals surface area contributed by atoms with Gasteiger partial charge in [0.15, 0.2) is 0 Å². The Bertz CT molecular complexity index is 1050. The summed E-state index contributed by atoms with van der Waals surface area (Å²) in [5, 5.41) is 5.19. The summed E-state index contributed by atoms with van der Waals surface area (Å²) in [5.74, 6) is -0.313. The predicted molar refractivity (Wildman–Crippen MR) is 104 cm³/mol. The Morgan fingerprint density at radius 3 is 2.64 bits per heavy atom. The zero-order valence-corrected chi connectivity index (χ0v) is 16.4. The molecule has 0 aromatic heterocycles. The van der Waals surface area contributed by atoms with Gasteiger partial charge in [0, 0.05) is 24.8 Å². The number of rotatable bonds is 3. The second-order valence-electron chi connectivity index (χ2n) is 7.37. The zero-order chi connectivity index (χ0) is 20.1. The number of amides is 1. The van der Waals surface area contributed by atoms with Gasteiger partial charge < -0.3 is 4.90 Å². The monoisotopic (exact) mass is 403 g/mol. The summed E-state index contributed by atoms with van der Waals surface area (Å²) in [6, 6.07) is 9.42. The fourth-order valence-corrected chi connectivity index (χ4v) is 4.69. The second-order valence-corrected chi connectivity index (χ2v) is 8.93. The number of hydrogen-bond donors (Lipinski definition) is 1. The van der Waals surface area contributed by atoms with Crippen LogP contribution in [0.15, 0.2) is 41.3 Å². The van der Waals surface area contributed by atoms with Crippen LogP contribution in [0.25, 0.3) is 0 Å². The maximum absolute atomic E-state index is 13.6. The average Bonchev–Trinajstić information content (AvgIpc) is 3.07. The van der Waals surface area contributed by atoms with Crippen molar-refractivity contribution >= 4 is 21.6 Å². The summed E-state index contributed by atoms with van der Waals surface area (Å²) in [6.45, 7) is 3.46. The molecule has 0 aliphatic carbocycles. The molecule has 2 aliphatic heterocycles. The molecule has 4 rings (SSSR count). The number of carbonyl (C=O) groups excluding carboxylic acids is 1. The van der Waals surface area contributed by atoms with Crippen LogP contribution < -0.4 is 10.0 Å². The van der Waals surface area contributed by atoms with Crippen LogP contribution in [-0.4, -0.2) is 38.9 Å². The summed E-state index contributed by atoms with van der Waals surface area (Å²) in [7, 11) is -3.77. The first kappa shape index (κ1) is 19.0. The van der Waals surface area contributed by atoms with Gasteiger partial charge in [0.1, 0.15) is 5.82 Å². The van der Waals surface area contributed by atoms with Crippen LogP contribution in [0.2, 0.25) is 0 Å². The van der Waals surface area contributed by atoms with E-state index in [2.05, 4.69) is 4.90 Å². The van der Waals surface area contributed by atoms with Crippen LogP contribution >= 0.6 is 0 Å². The van der Waals surface area contributed by atoms with E-state index in [0.29, 0.717) is 13.0 Å². The van der Waals surface area contributed by atoms with Crippen molar-refractivity contribution in [2.75, 3.05) is 24.5 Å². The minimum atomic E-state index is -3.77. The molecule has 2 aromatic carbocycles. The van der Waals surface area contributed by atoms with E-state index in [9.17, 15) is 17.6 Å². The second kappa shape index (κ2) is 6.95. The highest BCUT2D eigenvalue weighted by molar-refractivity contribution is 7.89. The number of carbonyl (C=O) groups is 1. The molecule has 148 valence electrons. The number of benzene rings is 2. The first-order valence-corrected chi connectivity index (χ1v) is 10.8. The first-order chi connectivity index (χ1) is 13.2. The van der Waals surface area contributed by atoms with Gasteiger partial charge in [0.25, 0.3) is 0 Å². The Balaban J connectivity index is 1.52. The van der Waals surface area contributed by atoms with E-state index < -0.39 is 10.0 Å². The van der Waals surface area contributed by atoms with Gasteiger partial charge in [-0.1, -0.05) is 6.07 Å². The smallest absolute Gasteiger partial charge is 0.241 e. The highest BCUT2D eigenvalue weighted by Gasteiger charge is 2.30. The van der Waals surface area contributed by atoms with Gasteiger partial charge in [-0.3, -0.25) is 9.69 Å². The largest absolute Gasteiger partial charge is 0.311 e. The number of fused-ring (bicyclic) bond motifs is 2. The highest BCUT2D eigenvalue weighted by Crippen LogP contribution is 2.32. The van der Waals surface area contributed by atoms with Gasteiger partial charge in [-0.15, -0.1) is 0 Å². The molecular weight excluding hydrogens is 381 g/mol. The van der Waals surface area contributed by atoms with Crippen LogP contribution in [0.5, 0.6) is 0 Å². The molecule has 2 N–H and O–H groups in total. The predicted octanol–water partition coefficient (Wildman–Crippen LogP) is 1.98. The van der Waals surface area contributed by atoms with Gasteiger partial charge in [0.2, 0.25) is 15.9 Å². The highest BCUT2D eigenvalue weighted by atomic mass is 32.2. The fourth-order valence-electron chi connectivity index (χ4n) is 4.13. The molecule has 0 spiro atoms. The molecule has 1 atom stereocenters. The third kappa shape index (κ3) is 3.43. The molecule has 1 unspecified atom stereocenters. The van der Waals surface area contributed by atoms with E-state index in [0.717, 1.165) is 35.3 Å². The van der Waals surface area contributed by atoms with Gasteiger partial charge in [-0.2, -0.15) is 0 Å². The third-order valence-corrected chi connectivity index (χ3v) is 6.60. The lowest BCUT2D eigenvalue weighted by Gasteiger charge is -2.35. The SMILES string of the molecule is CC1c2cc(F)ccc2CCN1CC(=O)N1CCc2cc(S(N)(=O)=O)ccc21. The Labute approximate surface area is 163 Å². The van der Waals surface area contributed by atoms with E-state index in [-0.39, 0.29) is 29.2 Å². The van der Waals surface area contributed by atoms with Gasteiger partial charge in [0.05, 0.1) is 11.4 Å².